The third-order valence-corrected chi connectivity index (χ3v) is 5.29. The lowest BCUT2D eigenvalue weighted by atomic mass is 9.95. The Bertz CT molecular complexity index is 859. The van der Waals surface area contributed by atoms with E-state index < -0.39 is 0 Å². The maximum absolute atomic E-state index is 12.5. The zero-order valence-electron chi connectivity index (χ0n) is 17.5. The highest BCUT2D eigenvalue weighted by Gasteiger charge is 2.27. The summed E-state index contributed by atoms with van der Waals surface area (Å²) in [6.07, 6.45) is 2.30. The average Bonchev–Trinajstić information content (AvgIpc) is 2.74. The Kier molecular flexibility index (Phi) is 7.27. The van der Waals surface area contributed by atoms with E-state index in [1.807, 2.05) is 49.1 Å². The van der Waals surface area contributed by atoms with Crippen LogP contribution in [0.4, 0.5) is 11.4 Å². The number of anilines is 1. The van der Waals surface area contributed by atoms with E-state index >= 15 is 0 Å². The molecule has 2 aromatic carbocycles. The van der Waals surface area contributed by atoms with Gasteiger partial charge < -0.3 is 15.0 Å². The number of piperidine rings is 1. The van der Waals surface area contributed by atoms with Crippen molar-refractivity contribution in [2.45, 2.75) is 39.2 Å². The van der Waals surface area contributed by atoms with Crippen molar-refractivity contribution in [2.75, 3.05) is 24.5 Å². The highest BCUT2D eigenvalue weighted by Crippen LogP contribution is 2.31. The molecule has 2 aromatic rings. The molecule has 0 atom stereocenters. The molecule has 0 saturated carbocycles. The molecule has 7 heteroatoms. The number of nitro benzene ring substituents is 1. The van der Waals surface area contributed by atoms with Gasteiger partial charge in [-0.2, -0.15) is 0 Å². The number of benzene rings is 2. The summed E-state index contributed by atoms with van der Waals surface area (Å²) in [5, 5.41) is 14.3. The first-order chi connectivity index (χ1) is 14.4. The normalized spacial score (nSPS) is 14.6. The minimum absolute atomic E-state index is 0.0502. The number of rotatable bonds is 8. The van der Waals surface area contributed by atoms with Crippen molar-refractivity contribution in [1.29, 1.82) is 0 Å². The van der Waals surface area contributed by atoms with Crippen molar-refractivity contribution in [2.24, 2.45) is 5.92 Å². The summed E-state index contributed by atoms with van der Waals surface area (Å²) >= 11 is 0. The minimum atomic E-state index is -0.352. The van der Waals surface area contributed by atoms with E-state index in [1.165, 1.54) is 6.07 Å². The van der Waals surface area contributed by atoms with E-state index in [0.29, 0.717) is 38.2 Å². The summed E-state index contributed by atoms with van der Waals surface area (Å²) in [5.74, 6) is 0.867. The van der Waals surface area contributed by atoms with Gasteiger partial charge in [-0.1, -0.05) is 24.3 Å². The van der Waals surface area contributed by atoms with Crippen LogP contribution in [0.1, 0.15) is 32.3 Å². The highest BCUT2D eigenvalue weighted by atomic mass is 16.6. The quantitative estimate of drug-likeness (QED) is 0.525. The van der Waals surface area contributed by atoms with Crippen molar-refractivity contribution in [3.05, 3.63) is 64.2 Å². The molecule has 30 heavy (non-hydrogen) atoms. The van der Waals surface area contributed by atoms with E-state index in [9.17, 15) is 14.9 Å². The summed E-state index contributed by atoms with van der Waals surface area (Å²) in [7, 11) is 0. The molecule has 0 aromatic heterocycles. The molecule has 0 bridgehead atoms. The SMILES string of the molecule is CC(C)Oc1ccc(CCNC(=O)C2CCN(c3ccccc3[N+](=O)[O-])CC2)cc1. The molecule has 1 heterocycles. The van der Waals surface area contributed by atoms with Crippen LogP contribution >= 0.6 is 0 Å². The van der Waals surface area contributed by atoms with Gasteiger partial charge in [-0.3, -0.25) is 14.9 Å². The Labute approximate surface area is 177 Å². The van der Waals surface area contributed by atoms with Gasteiger partial charge in [-0.25, -0.2) is 0 Å². The van der Waals surface area contributed by atoms with Crippen molar-refractivity contribution in [3.63, 3.8) is 0 Å². The van der Waals surface area contributed by atoms with Gasteiger partial charge in [-0.15, -0.1) is 0 Å². The largest absolute Gasteiger partial charge is 0.491 e. The third kappa shape index (κ3) is 5.72. The molecule has 160 valence electrons. The number of nitrogens with one attached hydrogen (secondary N) is 1. The van der Waals surface area contributed by atoms with Crippen LogP contribution in [0.3, 0.4) is 0 Å². The predicted octanol–water partition coefficient (Wildman–Crippen LogP) is 3.96. The van der Waals surface area contributed by atoms with E-state index in [0.717, 1.165) is 17.7 Å². The molecule has 0 unspecified atom stereocenters. The van der Waals surface area contributed by atoms with Crippen LogP contribution in [0.25, 0.3) is 0 Å². The van der Waals surface area contributed by atoms with E-state index in [2.05, 4.69) is 5.32 Å². The fourth-order valence-corrected chi connectivity index (χ4v) is 3.75. The molecule has 7 nitrogen and oxygen atoms in total. The van der Waals surface area contributed by atoms with Gasteiger partial charge >= 0.3 is 0 Å². The topological polar surface area (TPSA) is 84.7 Å². The lowest BCUT2D eigenvalue weighted by molar-refractivity contribution is -0.384. The maximum atomic E-state index is 12.5. The Balaban J connectivity index is 1.44. The summed E-state index contributed by atoms with van der Waals surface area (Å²) in [5.41, 5.74) is 1.90. The number of nitrogens with zero attached hydrogens (tertiary/aromatic N) is 2. The standard InChI is InChI=1S/C23H29N3O4/c1-17(2)30-20-9-7-18(8-10-20)11-14-24-23(27)19-12-15-25(16-13-19)21-5-3-4-6-22(21)26(28)29/h3-10,17,19H,11-16H2,1-2H3,(H,24,27). The van der Waals surface area contributed by atoms with E-state index in [1.54, 1.807) is 12.1 Å². The molecule has 3 rings (SSSR count). The number of hydrogen-bond acceptors (Lipinski definition) is 5. The molecule has 1 amide bonds. The van der Waals surface area contributed by atoms with Crippen molar-refractivity contribution in [1.82, 2.24) is 5.32 Å². The van der Waals surface area contributed by atoms with Crippen molar-refractivity contribution >= 4 is 17.3 Å². The van der Waals surface area contributed by atoms with Crippen LogP contribution in [0.2, 0.25) is 0 Å². The van der Waals surface area contributed by atoms with Gasteiger partial charge in [0.1, 0.15) is 11.4 Å². The molecule has 0 spiro atoms. The Morgan fingerprint density at radius 1 is 1.17 bits per heavy atom. The third-order valence-electron chi connectivity index (χ3n) is 5.29. The first-order valence-electron chi connectivity index (χ1n) is 10.5. The number of hydrogen-bond donors (Lipinski definition) is 1. The molecular formula is C23H29N3O4. The number of amides is 1. The van der Waals surface area contributed by atoms with Crippen molar-refractivity contribution in [3.8, 4) is 5.75 Å². The number of carbonyl (C=O) groups is 1. The zero-order chi connectivity index (χ0) is 21.5. The number of para-hydroxylation sites is 2. The minimum Gasteiger partial charge on any atom is -0.491 e. The van der Waals surface area contributed by atoms with Gasteiger partial charge in [0.05, 0.1) is 11.0 Å². The van der Waals surface area contributed by atoms with Crippen molar-refractivity contribution < 1.29 is 14.5 Å². The van der Waals surface area contributed by atoms with E-state index in [4.69, 9.17) is 4.74 Å². The monoisotopic (exact) mass is 411 g/mol. The second-order valence-corrected chi connectivity index (χ2v) is 7.86. The number of carbonyl (C=O) groups excluding carboxylic acids is 1. The van der Waals surface area contributed by atoms with Gasteiger partial charge in [0.25, 0.3) is 5.69 Å². The lowest BCUT2D eigenvalue weighted by Gasteiger charge is -2.32. The lowest BCUT2D eigenvalue weighted by Crippen LogP contribution is -2.41. The van der Waals surface area contributed by atoms with Crippen LogP contribution in [-0.4, -0.2) is 36.6 Å². The smallest absolute Gasteiger partial charge is 0.292 e. The first kappa shape index (κ1) is 21.6. The molecule has 1 fully saturated rings. The predicted molar refractivity (Wildman–Crippen MR) is 117 cm³/mol. The van der Waals surface area contributed by atoms with Gasteiger partial charge in [-0.05, 0) is 56.9 Å². The Morgan fingerprint density at radius 2 is 1.83 bits per heavy atom. The van der Waals surface area contributed by atoms with Crippen LogP contribution in [0, 0.1) is 16.0 Å². The zero-order valence-corrected chi connectivity index (χ0v) is 17.5. The summed E-state index contributed by atoms with van der Waals surface area (Å²) < 4.78 is 5.64. The van der Waals surface area contributed by atoms with Crippen LogP contribution < -0.4 is 15.0 Å². The number of nitro groups is 1. The van der Waals surface area contributed by atoms with Crippen LogP contribution in [0.15, 0.2) is 48.5 Å². The second kappa shape index (κ2) is 10.1. The summed E-state index contributed by atoms with van der Waals surface area (Å²) in [4.78, 5) is 25.4. The molecule has 1 N–H and O–H groups in total. The van der Waals surface area contributed by atoms with E-state index in [-0.39, 0.29) is 28.5 Å². The molecule has 1 aliphatic rings. The Morgan fingerprint density at radius 3 is 2.47 bits per heavy atom. The summed E-state index contributed by atoms with van der Waals surface area (Å²) in [6.45, 7) is 5.86. The molecule has 1 saturated heterocycles. The van der Waals surface area contributed by atoms with Gasteiger partial charge in [0.2, 0.25) is 5.91 Å². The fourth-order valence-electron chi connectivity index (χ4n) is 3.75. The fraction of sp³-hybridized carbons (Fsp3) is 0.435. The number of ether oxygens (including phenoxy) is 1. The maximum Gasteiger partial charge on any atom is 0.292 e. The molecule has 1 aliphatic heterocycles. The molecule has 0 radical (unpaired) electrons. The molecule has 0 aliphatic carbocycles. The van der Waals surface area contributed by atoms with Crippen LogP contribution in [-0.2, 0) is 11.2 Å². The summed E-state index contributed by atoms with van der Waals surface area (Å²) in [6, 6.07) is 14.7. The average molecular weight is 412 g/mol. The highest BCUT2D eigenvalue weighted by molar-refractivity contribution is 5.79. The first-order valence-corrected chi connectivity index (χ1v) is 10.5. The van der Waals surface area contributed by atoms with Gasteiger partial charge in [0, 0.05) is 31.6 Å². The Hall–Kier alpha value is -3.09. The second-order valence-electron chi connectivity index (χ2n) is 7.86. The van der Waals surface area contributed by atoms with Gasteiger partial charge in [0.15, 0.2) is 0 Å². The molecular weight excluding hydrogens is 382 g/mol. The van der Waals surface area contributed by atoms with Crippen LogP contribution in [0.5, 0.6) is 5.75 Å².